The molecule has 92 valence electrons. The summed E-state index contributed by atoms with van der Waals surface area (Å²) in [5, 5.41) is 5.34. The van der Waals surface area contributed by atoms with E-state index >= 15 is 0 Å². The van der Waals surface area contributed by atoms with E-state index in [1.807, 2.05) is 23.8 Å². The van der Waals surface area contributed by atoms with Gasteiger partial charge in [0.05, 0.1) is 11.4 Å². The molecular weight excluding hydrogens is 286 g/mol. The van der Waals surface area contributed by atoms with Gasteiger partial charge >= 0.3 is 0 Å². The van der Waals surface area contributed by atoms with Crippen LogP contribution in [0.1, 0.15) is 18.0 Å². The van der Waals surface area contributed by atoms with Crippen molar-refractivity contribution in [3.8, 4) is 0 Å². The molecule has 3 rings (SSSR count). The second-order valence-corrected chi connectivity index (χ2v) is 6.04. The van der Waals surface area contributed by atoms with Crippen molar-refractivity contribution < 1.29 is 0 Å². The van der Waals surface area contributed by atoms with E-state index in [-0.39, 0.29) is 11.6 Å². The molecule has 1 atom stereocenters. The molecular formula is C11H9N3OS3. The van der Waals surface area contributed by atoms with Crippen molar-refractivity contribution in [1.29, 1.82) is 0 Å². The maximum absolute atomic E-state index is 12.4. The Kier molecular flexibility index (Phi) is 2.89. The Hall–Kier alpha value is -1.31. The fourth-order valence-electron chi connectivity index (χ4n) is 1.86. The molecule has 0 aliphatic rings. The number of nitrogens with zero attached hydrogens (tertiary/aromatic N) is 2. The molecule has 0 aromatic carbocycles. The lowest BCUT2D eigenvalue weighted by molar-refractivity contribution is 0.597. The first kappa shape index (κ1) is 11.8. The van der Waals surface area contributed by atoms with Gasteiger partial charge in [0.1, 0.15) is 9.84 Å². The fraction of sp³-hybridized carbons (Fsp3) is 0.182. The topological polar surface area (TPSA) is 50.7 Å². The van der Waals surface area contributed by atoms with Gasteiger partial charge in [0, 0.05) is 11.6 Å². The molecule has 0 radical (unpaired) electrons. The van der Waals surface area contributed by atoms with E-state index < -0.39 is 0 Å². The lowest BCUT2D eigenvalue weighted by Crippen LogP contribution is -2.25. The zero-order valence-corrected chi connectivity index (χ0v) is 11.9. The Balaban J connectivity index is 2.29. The Morgan fingerprint density at radius 1 is 1.44 bits per heavy atom. The second kappa shape index (κ2) is 4.42. The van der Waals surface area contributed by atoms with Crippen LogP contribution in [-0.4, -0.2) is 14.5 Å². The van der Waals surface area contributed by atoms with Crippen LogP contribution in [0.4, 0.5) is 0 Å². The fourth-order valence-corrected chi connectivity index (χ4v) is 3.73. The SMILES string of the molecule is CC(c1nccs1)n1c(=S)[nH]c2sccc2c1=O. The number of aromatic nitrogens is 3. The van der Waals surface area contributed by atoms with Crippen LogP contribution >= 0.6 is 34.9 Å². The quantitative estimate of drug-likeness (QED) is 0.739. The minimum absolute atomic E-state index is 0.0577. The highest BCUT2D eigenvalue weighted by molar-refractivity contribution is 7.71. The van der Waals surface area contributed by atoms with Gasteiger partial charge in [0.2, 0.25) is 0 Å². The van der Waals surface area contributed by atoms with Crippen LogP contribution < -0.4 is 5.56 Å². The minimum Gasteiger partial charge on any atom is -0.323 e. The number of rotatable bonds is 2. The van der Waals surface area contributed by atoms with Gasteiger partial charge in [0.25, 0.3) is 5.56 Å². The molecule has 1 N–H and O–H groups in total. The summed E-state index contributed by atoms with van der Waals surface area (Å²) < 4.78 is 2.03. The summed E-state index contributed by atoms with van der Waals surface area (Å²) in [6.45, 7) is 1.93. The summed E-state index contributed by atoms with van der Waals surface area (Å²) >= 11 is 8.28. The molecule has 3 heterocycles. The van der Waals surface area contributed by atoms with E-state index in [0.29, 0.717) is 10.2 Å². The molecule has 0 aliphatic carbocycles. The number of H-pyrrole nitrogens is 1. The summed E-state index contributed by atoms with van der Waals surface area (Å²) in [4.78, 5) is 20.6. The molecule has 3 aromatic heterocycles. The van der Waals surface area contributed by atoms with Crippen LogP contribution in [0.3, 0.4) is 0 Å². The summed E-state index contributed by atoms with van der Waals surface area (Å²) in [6.07, 6.45) is 1.73. The molecule has 0 bridgehead atoms. The summed E-state index contributed by atoms with van der Waals surface area (Å²) in [5.74, 6) is 0. The molecule has 3 aromatic rings. The molecule has 0 amide bonds. The molecule has 0 saturated carbocycles. The predicted octanol–water partition coefficient (Wildman–Crippen LogP) is 3.19. The predicted molar refractivity (Wildman–Crippen MR) is 77.2 cm³/mol. The van der Waals surface area contributed by atoms with Crippen molar-refractivity contribution >= 4 is 45.1 Å². The first-order chi connectivity index (χ1) is 8.68. The van der Waals surface area contributed by atoms with Gasteiger partial charge in [-0.2, -0.15) is 0 Å². The maximum Gasteiger partial charge on any atom is 0.263 e. The average molecular weight is 295 g/mol. The zero-order chi connectivity index (χ0) is 12.7. The van der Waals surface area contributed by atoms with E-state index in [4.69, 9.17) is 12.2 Å². The van der Waals surface area contributed by atoms with E-state index in [1.165, 1.54) is 22.7 Å². The van der Waals surface area contributed by atoms with Gasteiger partial charge in [-0.1, -0.05) is 0 Å². The van der Waals surface area contributed by atoms with Gasteiger partial charge in [-0.15, -0.1) is 22.7 Å². The first-order valence-electron chi connectivity index (χ1n) is 5.30. The number of hydrogen-bond acceptors (Lipinski definition) is 5. The second-order valence-electron chi connectivity index (χ2n) is 3.82. The van der Waals surface area contributed by atoms with E-state index in [1.54, 1.807) is 10.8 Å². The Bertz CT molecular complexity index is 797. The van der Waals surface area contributed by atoms with Gasteiger partial charge in [-0.3, -0.25) is 9.36 Å². The number of hydrogen-bond donors (Lipinski definition) is 1. The number of thiazole rings is 1. The first-order valence-corrected chi connectivity index (χ1v) is 7.46. The van der Waals surface area contributed by atoms with Crippen LogP contribution in [0, 0.1) is 4.77 Å². The lowest BCUT2D eigenvalue weighted by Gasteiger charge is -2.12. The highest BCUT2D eigenvalue weighted by atomic mass is 32.1. The Labute approximate surface area is 116 Å². The normalized spacial score (nSPS) is 12.9. The molecule has 0 spiro atoms. The smallest absolute Gasteiger partial charge is 0.263 e. The van der Waals surface area contributed by atoms with Crippen LogP contribution in [0.15, 0.2) is 27.8 Å². The average Bonchev–Trinajstić information content (AvgIpc) is 2.98. The Morgan fingerprint density at radius 3 is 3.00 bits per heavy atom. The number of aromatic amines is 1. The van der Waals surface area contributed by atoms with Gasteiger partial charge in [0.15, 0.2) is 4.77 Å². The van der Waals surface area contributed by atoms with Gasteiger partial charge < -0.3 is 4.98 Å². The van der Waals surface area contributed by atoms with E-state index in [2.05, 4.69) is 9.97 Å². The molecule has 7 heteroatoms. The van der Waals surface area contributed by atoms with E-state index in [9.17, 15) is 4.79 Å². The van der Waals surface area contributed by atoms with Crippen molar-refractivity contribution in [1.82, 2.24) is 14.5 Å². The van der Waals surface area contributed by atoms with Gasteiger partial charge in [-0.05, 0) is 30.6 Å². The third kappa shape index (κ3) is 1.75. The molecule has 4 nitrogen and oxygen atoms in total. The molecule has 0 fully saturated rings. The lowest BCUT2D eigenvalue weighted by atomic mass is 10.3. The van der Waals surface area contributed by atoms with Crippen molar-refractivity contribution in [3.05, 3.63) is 43.2 Å². The molecule has 0 saturated heterocycles. The monoisotopic (exact) mass is 295 g/mol. The Morgan fingerprint density at radius 2 is 2.28 bits per heavy atom. The van der Waals surface area contributed by atoms with Crippen molar-refractivity contribution in [2.45, 2.75) is 13.0 Å². The van der Waals surface area contributed by atoms with Gasteiger partial charge in [-0.25, -0.2) is 4.98 Å². The maximum atomic E-state index is 12.4. The highest BCUT2D eigenvalue weighted by Gasteiger charge is 2.15. The summed E-state index contributed by atoms with van der Waals surface area (Å²) in [6, 6.07) is 1.67. The summed E-state index contributed by atoms with van der Waals surface area (Å²) in [7, 11) is 0. The number of thiophene rings is 1. The van der Waals surface area contributed by atoms with Crippen molar-refractivity contribution in [3.63, 3.8) is 0 Å². The van der Waals surface area contributed by atoms with Crippen LogP contribution in [-0.2, 0) is 0 Å². The standard InChI is InChI=1S/C11H9N3OS3/c1-6(8-12-3-5-18-8)14-10(15)7-2-4-17-9(7)13-11(14)16/h2-6H,1H3,(H,13,16). The van der Waals surface area contributed by atoms with Crippen LogP contribution in [0.5, 0.6) is 0 Å². The van der Waals surface area contributed by atoms with Crippen LogP contribution in [0.25, 0.3) is 10.2 Å². The molecule has 18 heavy (non-hydrogen) atoms. The third-order valence-corrected chi connectivity index (χ3v) is 4.82. The highest BCUT2D eigenvalue weighted by Crippen LogP contribution is 2.21. The largest absolute Gasteiger partial charge is 0.323 e. The van der Waals surface area contributed by atoms with Crippen molar-refractivity contribution in [2.75, 3.05) is 0 Å². The zero-order valence-electron chi connectivity index (χ0n) is 9.41. The molecule has 1 unspecified atom stereocenters. The minimum atomic E-state index is -0.148. The molecule has 0 aliphatic heterocycles. The van der Waals surface area contributed by atoms with E-state index in [0.717, 1.165) is 9.84 Å². The summed E-state index contributed by atoms with van der Waals surface area (Å²) in [5.41, 5.74) is -0.0577. The van der Waals surface area contributed by atoms with Crippen molar-refractivity contribution in [2.24, 2.45) is 0 Å². The number of fused-ring (bicyclic) bond motifs is 1. The van der Waals surface area contributed by atoms with Crippen LogP contribution in [0.2, 0.25) is 0 Å². The third-order valence-electron chi connectivity index (χ3n) is 2.75. The number of nitrogens with one attached hydrogen (secondary N) is 1.